The van der Waals surface area contributed by atoms with Gasteiger partial charge in [0, 0.05) is 55.7 Å². The van der Waals surface area contributed by atoms with E-state index in [0.29, 0.717) is 54.3 Å². The fourth-order valence-corrected chi connectivity index (χ4v) is 5.28. The Morgan fingerprint density at radius 2 is 1.50 bits per heavy atom. The molecule has 0 spiro atoms. The van der Waals surface area contributed by atoms with Crippen LogP contribution in [0.2, 0.25) is 0 Å². The summed E-state index contributed by atoms with van der Waals surface area (Å²) < 4.78 is 7.77. The van der Waals surface area contributed by atoms with Gasteiger partial charge >= 0.3 is 11.9 Å². The fourth-order valence-electron chi connectivity index (χ4n) is 5.28. The summed E-state index contributed by atoms with van der Waals surface area (Å²) in [4.78, 5) is 51.6. The summed E-state index contributed by atoms with van der Waals surface area (Å²) in [5.74, 6) is -1.91. The Balaban J connectivity index is 1.52. The number of aliphatic carboxylic acids is 1. The van der Waals surface area contributed by atoms with E-state index in [9.17, 15) is 24.3 Å². The number of carbonyl (C=O) groups excluding carboxylic acids is 3. The number of amides is 1. The van der Waals surface area contributed by atoms with Crippen molar-refractivity contribution in [1.29, 1.82) is 0 Å². The van der Waals surface area contributed by atoms with Gasteiger partial charge in [-0.15, -0.1) is 10.2 Å². The summed E-state index contributed by atoms with van der Waals surface area (Å²) >= 11 is 0. The molecule has 0 unspecified atom stereocenters. The van der Waals surface area contributed by atoms with Gasteiger partial charge in [-0.05, 0) is 49.2 Å². The number of phenols is 1. The zero-order chi connectivity index (χ0) is 32.8. The number of rotatable bonds is 12. The van der Waals surface area contributed by atoms with Gasteiger partial charge in [0.1, 0.15) is 23.2 Å². The average Bonchev–Trinajstić information content (AvgIpc) is 3.75. The highest BCUT2D eigenvalue weighted by Gasteiger charge is 2.26. The number of methoxy groups -OCH3 is 1. The number of ether oxygens (including phenoxy) is 1. The second kappa shape index (κ2) is 14.1. The summed E-state index contributed by atoms with van der Waals surface area (Å²) in [5.41, 5.74) is 2.94. The molecule has 1 saturated heterocycles. The maximum absolute atomic E-state index is 13.6. The minimum Gasteiger partial charge on any atom is -0.508 e. The molecule has 15 heteroatoms. The molecule has 3 N–H and O–H groups in total. The molecule has 3 heterocycles. The van der Waals surface area contributed by atoms with Crippen LogP contribution in [0.25, 0.3) is 22.5 Å². The molecule has 1 aliphatic rings. The van der Waals surface area contributed by atoms with Crippen molar-refractivity contribution in [2.45, 2.75) is 38.3 Å². The number of aromatic hydroxyl groups is 1. The first-order valence-corrected chi connectivity index (χ1v) is 14.7. The minimum atomic E-state index is -1.03. The maximum atomic E-state index is 13.6. The van der Waals surface area contributed by atoms with Crippen LogP contribution in [0.1, 0.15) is 47.8 Å². The molecule has 1 amide bonds. The predicted octanol–water partition coefficient (Wildman–Crippen LogP) is 1.91. The molecule has 0 aliphatic carbocycles. The van der Waals surface area contributed by atoms with Crippen molar-refractivity contribution in [2.75, 3.05) is 33.3 Å². The van der Waals surface area contributed by atoms with Crippen LogP contribution in [0.5, 0.6) is 5.75 Å². The average molecular weight is 631 g/mol. The summed E-state index contributed by atoms with van der Waals surface area (Å²) in [5, 5.41) is 38.9. The number of nitrogens with zero attached hydrogens (tertiary/aromatic N) is 7. The molecule has 240 valence electrons. The van der Waals surface area contributed by atoms with Crippen molar-refractivity contribution in [3.05, 3.63) is 66.0 Å². The summed E-state index contributed by atoms with van der Waals surface area (Å²) in [6.07, 6.45) is 3.20. The summed E-state index contributed by atoms with van der Waals surface area (Å²) in [6, 6.07) is 9.93. The van der Waals surface area contributed by atoms with Crippen molar-refractivity contribution >= 4 is 23.6 Å². The Hall–Kier alpha value is -5.44. The van der Waals surface area contributed by atoms with Crippen LogP contribution in [-0.4, -0.2) is 102 Å². The predicted molar refractivity (Wildman–Crippen MR) is 163 cm³/mol. The van der Waals surface area contributed by atoms with Crippen molar-refractivity contribution in [2.24, 2.45) is 0 Å². The van der Waals surface area contributed by atoms with E-state index in [1.165, 1.54) is 35.5 Å². The second-order valence-corrected chi connectivity index (χ2v) is 11.0. The fraction of sp³-hybridized carbons (Fsp3) is 0.355. The number of phenolic OH excluding ortho intramolecular Hbond substituents is 1. The van der Waals surface area contributed by atoms with Gasteiger partial charge in [-0.3, -0.25) is 14.4 Å². The van der Waals surface area contributed by atoms with Gasteiger partial charge < -0.3 is 25.2 Å². The largest absolute Gasteiger partial charge is 0.508 e. The number of nitrogens with one attached hydrogen (secondary N) is 1. The lowest BCUT2D eigenvalue weighted by Gasteiger charge is -2.27. The molecule has 2 aromatic heterocycles. The van der Waals surface area contributed by atoms with Crippen LogP contribution in [0.3, 0.4) is 0 Å². The van der Waals surface area contributed by atoms with Gasteiger partial charge in [-0.25, -0.2) is 14.2 Å². The third-order valence-electron chi connectivity index (χ3n) is 7.77. The van der Waals surface area contributed by atoms with Gasteiger partial charge in [-0.2, -0.15) is 0 Å². The van der Waals surface area contributed by atoms with Crippen LogP contribution in [0.15, 0.2) is 54.9 Å². The summed E-state index contributed by atoms with van der Waals surface area (Å²) in [7, 11) is 1.28. The van der Waals surface area contributed by atoms with E-state index in [0.717, 1.165) is 5.56 Å². The van der Waals surface area contributed by atoms with Gasteiger partial charge in [0.15, 0.2) is 11.8 Å². The quantitative estimate of drug-likeness (QED) is 0.193. The number of ketones is 1. The van der Waals surface area contributed by atoms with Gasteiger partial charge in [-0.1, -0.05) is 22.6 Å². The smallest absolute Gasteiger partial charge is 0.331 e. The highest BCUT2D eigenvalue weighted by molar-refractivity contribution is 5.97. The number of carboxylic acids is 1. The van der Waals surface area contributed by atoms with Gasteiger partial charge in [0.05, 0.1) is 19.5 Å². The molecule has 0 bridgehead atoms. The monoisotopic (exact) mass is 630 g/mol. The molecule has 0 radical (unpaired) electrons. The third kappa shape index (κ3) is 7.43. The lowest BCUT2D eigenvalue weighted by atomic mass is 10.0. The molecule has 1 fully saturated rings. The molecule has 46 heavy (non-hydrogen) atoms. The Kier molecular flexibility index (Phi) is 9.81. The topological polar surface area (TPSA) is 195 Å². The summed E-state index contributed by atoms with van der Waals surface area (Å²) in [6.45, 7) is 3.77. The first-order chi connectivity index (χ1) is 22.1. The van der Waals surface area contributed by atoms with E-state index < -0.39 is 24.0 Å². The molecule has 2 aromatic carbocycles. The van der Waals surface area contributed by atoms with Crippen LogP contribution < -0.4 is 5.32 Å². The second-order valence-electron chi connectivity index (χ2n) is 11.0. The zero-order valence-corrected chi connectivity index (χ0v) is 25.4. The Labute approximate surface area is 263 Å². The molecule has 1 aliphatic heterocycles. The van der Waals surface area contributed by atoms with E-state index in [-0.39, 0.29) is 36.7 Å². The minimum absolute atomic E-state index is 0.0504. The van der Waals surface area contributed by atoms with E-state index in [4.69, 9.17) is 9.84 Å². The number of carboxylic acid groups (broad SMARTS) is 1. The normalized spacial score (nSPS) is 14.4. The van der Waals surface area contributed by atoms with E-state index in [1.54, 1.807) is 47.6 Å². The number of hydrogen-bond acceptors (Lipinski definition) is 11. The first-order valence-electron chi connectivity index (χ1n) is 14.7. The van der Waals surface area contributed by atoms with Crippen molar-refractivity contribution in [3.63, 3.8) is 0 Å². The van der Waals surface area contributed by atoms with Crippen molar-refractivity contribution in [1.82, 2.24) is 40.2 Å². The number of benzene rings is 2. The van der Waals surface area contributed by atoms with E-state index >= 15 is 0 Å². The highest BCUT2D eigenvalue weighted by Crippen LogP contribution is 2.29. The lowest BCUT2D eigenvalue weighted by Crippen LogP contribution is -2.46. The highest BCUT2D eigenvalue weighted by atomic mass is 16.5. The Morgan fingerprint density at radius 1 is 0.913 bits per heavy atom. The molecular weight excluding hydrogens is 596 g/mol. The first kappa shape index (κ1) is 32.0. The molecule has 5 rings (SSSR count). The number of esters is 1. The molecule has 15 nitrogen and oxygen atoms in total. The molecular formula is C31H34N8O7. The van der Waals surface area contributed by atoms with Crippen molar-refractivity contribution in [3.8, 4) is 28.3 Å². The Morgan fingerprint density at radius 3 is 2.04 bits per heavy atom. The van der Waals surface area contributed by atoms with E-state index in [2.05, 4.69) is 25.9 Å². The zero-order valence-electron chi connectivity index (χ0n) is 25.4. The van der Waals surface area contributed by atoms with Crippen LogP contribution >= 0.6 is 0 Å². The van der Waals surface area contributed by atoms with Crippen LogP contribution in [0.4, 0.5) is 0 Å². The number of hydrogen-bond donors (Lipinski definition) is 3. The molecule has 2 atom stereocenters. The number of piperazine rings is 1. The molecule has 0 saturated carbocycles. The lowest BCUT2D eigenvalue weighted by molar-refractivity contribution is -0.145. The number of Topliss-reactive ketones (excluding diaryl/α,β-unsaturated/α-hetero) is 1. The Bertz CT molecular complexity index is 1730. The number of aromatic nitrogens is 6. The number of carbonyl (C=O) groups is 4. The molecule has 4 aromatic rings. The van der Waals surface area contributed by atoms with Gasteiger partial charge in [0.2, 0.25) is 0 Å². The van der Waals surface area contributed by atoms with Crippen LogP contribution in [-0.2, 0) is 25.5 Å². The van der Waals surface area contributed by atoms with Crippen LogP contribution in [0, 0.1) is 0 Å². The standard InChI is InChI=1S/C31H34N8O7/c1-19(40)27(7-8-29(42)43)38-17-25(33-35-38)21-14-22(16-23(15-21)30(44)37-11-9-32-10-12-37)26-18-39(36-34-26)28(31(45)46-2)13-20-3-5-24(41)6-4-20/h3-6,14-18,27-28,32,41H,7-13H2,1-2H3,(H,42,43)/t27-,28-/m0/s1. The SMILES string of the molecule is COC(=O)[C@H](Cc1ccc(O)cc1)n1cc(-c2cc(C(=O)N3CCNCC3)cc(-c3cn([C@@H](CCC(=O)O)C(C)=O)nn3)c2)nn1. The van der Waals surface area contributed by atoms with E-state index in [1.807, 2.05) is 0 Å². The van der Waals surface area contributed by atoms with Crippen molar-refractivity contribution < 1.29 is 34.1 Å². The van der Waals surface area contributed by atoms with Gasteiger partial charge in [0.25, 0.3) is 5.91 Å². The third-order valence-corrected chi connectivity index (χ3v) is 7.77. The maximum Gasteiger partial charge on any atom is 0.331 e.